The first-order valence-corrected chi connectivity index (χ1v) is 11.3. The number of rotatable bonds is 4. The van der Waals surface area contributed by atoms with Gasteiger partial charge in [-0.2, -0.15) is 4.98 Å². The quantitative estimate of drug-likeness (QED) is 0.846. The molecule has 2 heterocycles. The maximum Gasteiger partial charge on any atom is 0.352 e. The van der Waals surface area contributed by atoms with Crippen LogP contribution in [0.3, 0.4) is 0 Å². The molecule has 1 aromatic heterocycles. The number of hydrogen-bond acceptors (Lipinski definition) is 6. The van der Waals surface area contributed by atoms with Crippen LogP contribution in [-0.2, 0) is 9.16 Å². The summed E-state index contributed by atoms with van der Waals surface area (Å²) in [6.45, 7) is 11.7. The van der Waals surface area contributed by atoms with E-state index in [2.05, 4.69) is 38.8 Å². The Hall–Kier alpha value is -0.833. The highest BCUT2D eigenvalue weighted by Crippen LogP contribution is 2.38. The first kappa shape index (κ1) is 17.5. The first-order valence-electron chi connectivity index (χ1n) is 7.36. The highest BCUT2D eigenvalue weighted by atomic mass is 32.2. The molecule has 6 nitrogen and oxygen atoms in total. The van der Waals surface area contributed by atoms with Crippen LogP contribution in [0.4, 0.5) is 5.82 Å². The van der Waals surface area contributed by atoms with E-state index in [4.69, 9.17) is 14.9 Å². The fraction of sp³-hybridized carbons (Fsp3) is 0.714. The highest BCUT2D eigenvalue weighted by Gasteiger charge is 2.38. The average molecular weight is 344 g/mol. The van der Waals surface area contributed by atoms with Crippen molar-refractivity contribution in [3.8, 4) is 0 Å². The van der Waals surface area contributed by atoms with Crippen molar-refractivity contribution in [2.45, 2.75) is 50.6 Å². The third-order valence-electron chi connectivity index (χ3n) is 4.25. The van der Waals surface area contributed by atoms with Gasteiger partial charge in [-0.3, -0.25) is 4.57 Å². The summed E-state index contributed by atoms with van der Waals surface area (Å²) in [7, 11) is -1.78. The second kappa shape index (κ2) is 6.35. The minimum Gasteiger partial charge on any atom is -0.414 e. The van der Waals surface area contributed by atoms with Gasteiger partial charge in [0.05, 0.1) is 12.7 Å². The molecule has 22 heavy (non-hydrogen) atoms. The van der Waals surface area contributed by atoms with E-state index >= 15 is 0 Å². The number of anilines is 1. The molecule has 0 bridgehead atoms. The maximum atomic E-state index is 11.8. The predicted molar refractivity (Wildman–Crippen MR) is 92.4 cm³/mol. The van der Waals surface area contributed by atoms with Crippen LogP contribution in [0.5, 0.6) is 0 Å². The van der Waals surface area contributed by atoms with Crippen molar-refractivity contribution in [1.29, 1.82) is 0 Å². The zero-order valence-electron chi connectivity index (χ0n) is 13.8. The van der Waals surface area contributed by atoms with Crippen LogP contribution in [0, 0.1) is 0 Å². The van der Waals surface area contributed by atoms with E-state index in [0.29, 0.717) is 6.61 Å². The predicted octanol–water partition coefficient (Wildman–Crippen LogP) is 2.44. The fourth-order valence-corrected chi connectivity index (χ4v) is 3.92. The lowest BCUT2D eigenvalue weighted by atomic mass is 10.2. The van der Waals surface area contributed by atoms with Gasteiger partial charge in [0.1, 0.15) is 5.82 Å². The van der Waals surface area contributed by atoms with Gasteiger partial charge in [0.2, 0.25) is 0 Å². The van der Waals surface area contributed by atoms with Crippen molar-refractivity contribution in [2.75, 3.05) is 18.1 Å². The third-order valence-corrected chi connectivity index (χ3v) is 9.94. The molecule has 0 amide bonds. The van der Waals surface area contributed by atoms with Crippen LogP contribution in [0.1, 0.15) is 26.3 Å². The number of aromatic nitrogens is 2. The SMILES string of the molecule is CC(C)(C)[Si](C)(C)OC[C@H]1CS[C@@H](n2ccc(N)nc2=O)O1. The molecular weight excluding hydrogens is 318 g/mol. The normalized spacial score (nSPS) is 23.0. The van der Waals surface area contributed by atoms with Gasteiger partial charge in [-0.05, 0) is 24.2 Å². The molecule has 1 aliphatic heterocycles. The lowest BCUT2D eigenvalue weighted by Gasteiger charge is -2.36. The molecule has 124 valence electrons. The number of thioether (sulfide) groups is 1. The molecule has 1 fully saturated rings. The summed E-state index contributed by atoms with van der Waals surface area (Å²) in [6.07, 6.45) is 1.62. The summed E-state index contributed by atoms with van der Waals surface area (Å²) >= 11 is 1.58. The van der Waals surface area contributed by atoms with Crippen LogP contribution >= 0.6 is 11.8 Å². The first-order chi connectivity index (χ1) is 10.1. The van der Waals surface area contributed by atoms with Crippen molar-refractivity contribution in [2.24, 2.45) is 0 Å². The molecule has 0 aliphatic carbocycles. The lowest BCUT2D eigenvalue weighted by molar-refractivity contribution is -0.000260. The van der Waals surface area contributed by atoms with Gasteiger partial charge < -0.3 is 14.9 Å². The van der Waals surface area contributed by atoms with E-state index in [1.807, 2.05) is 0 Å². The second-order valence-electron chi connectivity index (χ2n) is 7.01. The minimum absolute atomic E-state index is 0.00595. The van der Waals surface area contributed by atoms with Crippen LogP contribution in [0.25, 0.3) is 0 Å². The Labute approximate surface area is 136 Å². The van der Waals surface area contributed by atoms with E-state index in [0.717, 1.165) is 5.75 Å². The molecule has 0 aromatic carbocycles. The fourth-order valence-electron chi connectivity index (χ4n) is 1.77. The summed E-state index contributed by atoms with van der Waals surface area (Å²) in [5.41, 5.74) is 4.76. The number of nitrogens with zero attached hydrogens (tertiary/aromatic N) is 2. The molecule has 0 spiro atoms. The summed E-state index contributed by atoms with van der Waals surface area (Å²) in [4.78, 5) is 15.6. The van der Waals surface area contributed by atoms with Gasteiger partial charge in [0.25, 0.3) is 0 Å². The molecule has 1 aliphatic rings. The minimum atomic E-state index is -1.78. The number of nitrogens with two attached hydrogens (primary N) is 1. The Bertz CT molecular complexity index is 585. The molecule has 8 heteroatoms. The van der Waals surface area contributed by atoms with Gasteiger partial charge in [-0.15, -0.1) is 11.8 Å². The summed E-state index contributed by atoms with van der Waals surface area (Å²) < 4.78 is 13.6. The zero-order valence-corrected chi connectivity index (χ0v) is 15.6. The van der Waals surface area contributed by atoms with Crippen LogP contribution in [-0.4, -0.2) is 36.3 Å². The molecule has 0 radical (unpaired) electrons. The van der Waals surface area contributed by atoms with Crippen molar-refractivity contribution < 1.29 is 9.16 Å². The van der Waals surface area contributed by atoms with Gasteiger partial charge in [0, 0.05) is 11.9 Å². The van der Waals surface area contributed by atoms with Gasteiger partial charge in [0.15, 0.2) is 13.9 Å². The Balaban J connectivity index is 1.95. The Morgan fingerprint density at radius 3 is 2.82 bits per heavy atom. The number of nitrogen functional groups attached to an aromatic ring is 1. The molecular formula is C14H25N3O3SSi. The van der Waals surface area contributed by atoms with Gasteiger partial charge in [-0.1, -0.05) is 20.8 Å². The summed E-state index contributed by atoms with van der Waals surface area (Å²) in [5, 5.41) is 0.177. The second-order valence-corrected chi connectivity index (χ2v) is 12.9. The maximum absolute atomic E-state index is 11.8. The van der Waals surface area contributed by atoms with E-state index in [9.17, 15) is 4.79 Å². The van der Waals surface area contributed by atoms with Crippen molar-refractivity contribution in [3.63, 3.8) is 0 Å². The Kier molecular flexibility index (Phi) is 5.05. The van der Waals surface area contributed by atoms with Crippen LogP contribution in [0.2, 0.25) is 18.1 Å². The zero-order chi connectivity index (χ0) is 16.5. The molecule has 0 saturated carbocycles. The van der Waals surface area contributed by atoms with Crippen molar-refractivity contribution in [3.05, 3.63) is 22.7 Å². The topological polar surface area (TPSA) is 79.4 Å². The van der Waals surface area contributed by atoms with E-state index in [1.54, 1.807) is 24.0 Å². The standard InChI is InChI=1S/C14H25N3O3SSi/c1-14(2,3)22(4,5)19-8-10-9-21-13(20-10)17-7-6-11(15)16-12(17)18/h6-7,10,13H,8-9H2,1-5H3,(H2,15,16,18)/t10-,13-/m0/s1. The van der Waals surface area contributed by atoms with E-state index < -0.39 is 8.32 Å². The summed E-state index contributed by atoms with van der Waals surface area (Å²) in [6, 6.07) is 1.60. The molecule has 1 saturated heterocycles. The molecule has 2 N–H and O–H groups in total. The lowest BCUT2D eigenvalue weighted by Crippen LogP contribution is -2.43. The van der Waals surface area contributed by atoms with Gasteiger partial charge >= 0.3 is 5.69 Å². The number of ether oxygens (including phenoxy) is 1. The van der Waals surface area contributed by atoms with E-state index in [-0.39, 0.29) is 28.2 Å². The van der Waals surface area contributed by atoms with Crippen molar-refractivity contribution >= 4 is 25.9 Å². The molecule has 0 unspecified atom stereocenters. The average Bonchev–Trinajstić information content (AvgIpc) is 2.83. The van der Waals surface area contributed by atoms with Gasteiger partial charge in [-0.25, -0.2) is 4.79 Å². The highest BCUT2D eigenvalue weighted by molar-refractivity contribution is 7.99. The smallest absolute Gasteiger partial charge is 0.352 e. The van der Waals surface area contributed by atoms with Crippen LogP contribution in [0.15, 0.2) is 17.1 Å². The third kappa shape index (κ3) is 3.92. The monoisotopic (exact) mass is 343 g/mol. The number of hydrogen-bond donors (Lipinski definition) is 1. The Morgan fingerprint density at radius 1 is 1.55 bits per heavy atom. The van der Waals surface area contributed by atoms with E-state index in [1.165, 1.54) is 4.57 Å². The van der Waals surface area contributed by atoms with Crippen LogP contribution < -0.4 is 11.4 Å². The largest absolute Gasteiger partial charge is 0.414 e. The molecule has 2 atom stereocenters. The Morgan fingerprint density at radius 2 is 2.23 bits per heavy atom. The summed E-state index contributed by atoms with van der Waals surface area (Å²) in [5.74, 6) is 1.03. The molecule has 2 rings (SSSR count). The van der Waals surface area contributed by atoms with Crippen molar-refractivity contribution in [1.82, 2.24) is 9.55 Å². The molecule has 1 aromatic rings.